The highest BCUT2D eigenvalue weighted by Crippen LogP contribution is 2.41. The van der Waals surface area contributed by atoms with Crippen molar-refractivity contribution < 1.29 is 104 Å². The molecule has 0 radical (unpaired) electrons. The van der Waals surface area contributed by atoms with Crippen LogP contribution < -0.4 is 32.3 Å². The van der Waals surface area contributed by atoms with Crippen molar-refractivity contribution in [3.63, 3.8) is 0 Å². The third-order valence-corrected chi connectivity index (χ3v) is 20.8. The molecule has 2 heterocycles. The SMILES string of the molecule is O=S(=O)(O)c1cc(S(=O)(=O)O)c2cc(N=C3C=C(NC4=CC(S(=O)(=O)O)(S(=O)(=O)O)C(C=Cc5ccc(NC6=CC(=Nc7cc8c(S(=O)(=O)O)cc(S(=O)(=O)O)cc8cc7S(=O)(=O)O)NN(Cl)N6)cc5)C=C4)NN(Cl)N3)c(S(=O)(=O)O)cc2c1. The van der Waals surface area contributed by atoms with Crippen LogP contribution in [0.15, 0.2) is 166 Å². The van der Waals surface area contributed by atoms with Gasteiger partial charge in [0.05, 0.1) is 21.2 Å². The third kappa shape index (κ3) is 13.7. The number of halogens is 2. The number of allylic oxidation sites excluding steroid dienone is 3. The molecule has 84 heavy (non-hydrogen) atoms. The zero-order valence-electron chi connectivity index (χ0n) is 40.5. The summed E-state index contributed by atoms with van der Waals surface area (Å²) in [4.78, 5) is 1.57. The summed E-state index contributed by atoms with van der Waals surface area (Å²) in [6.07, 6.45) is 6.66. The van der Waals surface area contributed by atoms with Crippen molar-refractivity contribution in [3.8, 4) is 0 Å². The summed E-state index contributed by atoms with van der Waals surface area (Å²) >= 11 is 12.3. The standard InChI is InChI=1S/C40H34Cl2N10O24S8/c41-51-47-36(17-38(49-51)45-30-15-28-21(11-34(30)81(65,66)67)9-26(77(53,54)55)13-32(28)79(59,60)61)43-24-6-2-20(3-7-24)1-4-23-5-8-25(19-40(23,83(71,72)73)84(74,75)76)44-37-18-39(50-52(42)48-37)46-31-16-29-22(12-35(31)82(68,69)70)10-27(78(56,57)58)14-33(29)80(62,63)64/h1-19,23,43-44,47-48H,(H,45,49)(H,46,50)(H,53,54,55)(H,56,57,58)(H,59,60,61)(H,62,63,64)(H,65,66,67)(H,68,69,70)(H,71,72,73)(H,74,75,76). The molecule has 450 valence electrons. The zero-order valence-corrected chi connectivity index (χ0v) is 48.5. The Hall–Kier alpha value is -6.76. The summed E-state index contributed by atoms with van der Waals surface area (Å²) < 4.78 is 277. The number of rotatable bonds is 16. The van der Waals surface area contributed by atoms with Crippen molar-refractivity contribution >= 4 is 161 Å². The van der Waals surface area contributed by atoms with Gasteiger partial charge in [0.25, 0.3) is 85.0 Å². The number of hydrazine groups is 4. The molecule has 1 aliphatic carbocycles. The van der Waals surface area contributed by atoms with Crippen molar-refractivity contribution in [2.24, 2.45) is 15.9 Å². The van der Waals surface area contributed by atoms with E-state index in [1.165, 1.54) is 30.3 Å². The molecule has 0 spiro atoms. The van der Waals surface area contributed by atoms with Gasteiger partial charge >= 0.3 is 0 Å². The third-order valence-electron chi connectivity index (χ3n) is 11.6. The molecule has 3 aliphatic rings. The average molecular weight is 1370 g/mol. The number of amidine groups is 2. The molecule has 0 bridgehead atoms. The van der Waals surface area contributed by atoms with Gasteiger partial charge in [0, 0.05) is 63.8 Å². The smallest absolute Gasteiger partial charge is 0.296 e. The predicted octanol–water partition coefficient (Wildman–Crippen LogP) is 2.13. The van der Waals surface area contributed by atoms with Crippen molar-refractivity contribution in [1.82, 2.24) is 36.3 Å². The highest BCUT2D eigenvalue weighted by atomic mass is 35.5. The molecule has 1 unspecified atom stereocenters. The van der Waals surface area contributed by atoms with Crippen molar-refractivity contribution in [3.05, 3.63) is 132 Å². The van der Waals surface area contributed by atoms with Crippen LogP contribution in [-0.2, 0) is 80.9 Å². The summed E-state index contributed by atoms with van der Waals surface area (Å²) in [6.45, 7) is 0. The minimum atomic E-state index is -5.90. The van der Waals surface area contributed by atoms with Crippen LogP contribution in [0.4, 0.5) is 17.1 Å². The summed E-state index contributed by atoms with van der Waals surface area (Å²) in [5.74, 6) is -3.17. The number of hydrogen-bond donors (Lipinski definition) is 14. The van der Waals surface area contributed by atoms with Gasteiger partial charge in [0.15, 0.2) is 0 Å². The van der Waals surface area contributed by atoms with Gasteiger partial charge in [-0.15, -0.1) is 0 Å². The van der Waals surface area contributed by atoms with Gasteiger partial charge in [-0.1, -0.05) is 30.4 Å². The number of benzene rings is 5. The molecule has 1 atom stereocenters. The molecule has 5 aromatic carbocycles. The molecular formula is C40H34Cl2N10O24S8. The molecule has 8 rings (SSSR count). The minimum Gasteiger partial charge on any atom is -0.341 e. The molecule has 0 saturated carbocycles. The maximum absolute atomic E-state index is 13.1. The molecule has 44 heteroatoms. The van der Waals surface area contributed by atoms with E-state index >= 15 is 0 Å². The topological polar surface area (TPSA) is 538 Å². The average Bonchev–Trinajstić information content (AvgIpc) is 0.887. The number of nitrogens with zero attached hydrogens (tertiary/aromatic N) is 4. The summed E-state index contributed by atoms with van der Waals surface area (Å²) in [6, 6.07) is 10.2. The van der Waals surface area contributed by atoms with Gasteiger partial charge in [-0.3, -0.25) is 58.1 Å². The highest BCUT2D eigenvalue weighted by molar-refractivity contribution is 8.05. The monoisotopic (exact) mass is 1360 g/mol. The van der Waals surface area contributed by atoms with Gasteiger partial charge < -0.3 is 10.6 Å². The number of hydrogen-bond acceptors (Lipinski definition) is 24. The minimum absolute atomic E-state index is 0.0296. The van der Waals surface area contributed by atoms with E-state index in [2.05, 4.69) is 42.3 Å². The van der Waals surface area contributed by atoms with Gasteiger partial charge in [-0.25, -0.2) is 9.98 Å². The Labute approximate surface area is 484 Å². The molecule has 5 aromatic rings. The first kappa shape index (κ1) is 63.3. The fraction of sp³-hybridized carbons (Fsp3) is 0.0500. The highest BCUT2D eigenvalue weighted by Gasteiger charge is 2.58. The Kier molecular flexibility index (Phi) is 16.5. The van der Waals surface area contributed by atoms with E-state index < -0.39 is 165 Å². The quantitative estimate of drug-likeness (QED) is 0.0497. The van der Waals surface area contributed by atoms with Gasteiger partial charge in [0.2, 0.25) is 0 Å². The lowest BCUT2D eigenvalue weighted by molar-refractivity contribution is 0.318. The largest absolute Gasteiger partial charge is 0.341 e. The lowest BCUT2D eigenvalue weighted by Crippen LogP contribution is -2.52. The van der Waals surface area contributed by atoms with Gasteiger partial charge in [0.1, 0.15) is 42.9 Å². The number of fused-ring (bicyclic) bond motifs is 2. The zero-order chi connectivity index (χ0) is 62.3. The lowest BCUT2D eigenvalue weighted by Gasteiger charge is -2.33. The first-order chi connectivity index (χ1) is 38.4. The molecule has 2 aliphatic heterocycles. The number of aliphatic imine (C=N–C) groups is 2. The van der Waals surface area contributed by atoms with E-state index in [1.807, 2.05) is 0 Å². The van der Waals surface area contributed by atoms with E-state index in [0.29, 0.717) is 57.8 Å². The molecule has 0 amide bonds. The fourth-order valence-corrected chi connectivity index (χ4v) is 15.1. The first-order valence-corrected chi connectivity index (χ1v) is 34.0. The molecular weight excluding hydrogens is 1330 g/mol. The van der Waals surface area contributed by atoms with E-state index in [4.69, 9.17) is 23.6 Å². The number of anilines is 1. The van der Waals surface area contributed by atoms with Crippen LogP contribution in [0.5, 0.6) is 0 Å². The van der Waals surface area contributed by atoms with Crippen LogP contribution in [0.1, 0.15) is 5.56 Å². The maximum Gasteiger partial charge on any atom is 0.296 e. The van der Waals surface area contributed by atoms with Crippen molar-refractivity contribution in [2.75, 3.05) is 5.32 Å². The Morgan fingerprint density at radius 3 is 1.29 bits per heavy atom. The second kappa shape index (κ2) is 21.9. The normalized spacial score (nSPS) is 18.8. The van der Waals surface area contributed by atoms with E-state index in [-0.39, 0.29) is 28.7 Å². The van der Waals surface area contributed by atoms with Crippen LogP contribution in [0.3, 0.4) is 0 Å². The Morgan fingerprint density at radius 1 is 0.500 bits per heavy atom. The van der Waals surface area contributed by atoms with E-state index in [1.54, 1.807) is 0 Å². The second-order valence-electron chi connectivity index (χ2n) is 17.3. The van der Waals surface area contributed by atoms with Crippen molar-refractivity contribution in [2.45, 2.75) is 33.5 Å². The summed E-state index contributed by atoms with van der Waals surface area (Å²) in [7, 11) is -43.3. The maximum atomic E-state index is 13.1. The number of nitrogens with one attached hydrogen (secondary N) is 6. The molecule has 0 fully saturated rings. The Morgan fingerprint density at radius 2 is 0.905 bits per heavy atom. The molecule has 14 N–H and O–H groups in total. The predicted molar refractivity (Wildman–Crippen MR) is 294 cm³/mol. The van der Waals surface area contributed by atoms with E-state index in [9.17, 15) is 104 Å². The van der Waals surface area contributed by atoms with Gasteiger partial charge in [-0.2, -0.15) is 67.3 Å². The van der Waals surface area contributed by atoms with Crippen LogP contribution in [0.25, 0.3) is 27.6 Å². The first-order valence-electron chi connectivity index (χ1n) is 21.8. The fourth-order valence-electron chi connectivity index (χ4n) is 8.13. The van der Waals surface area contributed by atoms with Crippen LogP contribution >= 0.6 is 23.6 Å². The van der Waals surface area contributed by atoms with Crippen LogP contribution in [0, 0.1) is 5.92 Å². The summed E-state index contributed by atoms with van der Waals surface area (Å²) in [5, 5.41) is 3.22. The van der Waals surface area contributed by atoms with Crippen molar-refractivity contribution in [1.29, 1.82) is 0 Å². The van der Waals surface area contributed by atoms with Crippen LogP contribution in [0.2, 0.25) is 0 Å². The Bertz CT molecular complexity index is 4860. The molecule has 0 aromatic heterocycles. The Balaban J connectivity index is 1.07. The summed E-state index contributed by atoms with van der Waals surface area (Å²) in [5.41, 5.74) is 8.28. The van der Waals surface area contributed by atoms with Gasteiger partial charge in [-0.05, 0) is 98.4 Å². The van der Waals surface area contributed by atoms with E-state index in [0.717, 1.165) is 36.4 Å². The second-order valence-corrected chi connectivity index (χ2v) is 29.9. The molecule has 0 saturated heterocycles. The lowest BCUT2D eigenvalue weighted by atomic mass is 9.96. The van der Waals surface area contributed by atoms with Crippen LogP contribution in [-0.4, -0.2) is 129 Å². The molecule has 34 nitrogen and oxygen atoms in total.